The lowest BCUT2D eigenvalue weighted by molar-refractivity contribution is 0.102. The van der Waals surface area contributed by atoms with Crippen molar-refractivity contribution in [1.29, 1.82) is 0 Å². The number of ether oxygens (including phenoxy) is 2. The Morgan fingerprint density at radius 1 is 1.03 bits per heavy atom. The lowest BCUT2D eigenvalue weighted by atomic mass is 10.1. The normalized spacial score (nSPS) is 10.3. The van der Waals surface area contributed by atoms with Gasteiger partial charge in [0, 0.05) is 12.7 Å². The van der Waals surface area contributed by atoms with E-state index in [1.54, 1.807) is 38.5 Å². The third-order valence-electron chi connectivity index (χ3n) is 4.32. The van der Waals surface area contributed by atoms with Crippen LogP contribution in [0.25, 0.3) is 0 Å². The van der Waals surface area contributed by atoms with Crippen molar-refractivity contribution in [2.24, 2.45) is 0 Å². The summed E-state index contributed by atoms with van der Waals surface area (Å²) in [6.07, 6.45) is 2.21. The Bertz CT molecular complexity index is 977. The zero-order valence-electron chi connectivity index (χ0n) is 16.2. The quantitative estimate of drug-likeness (QED) is 0.600. The standard InChI is InChI=1S/C22H22FN3O3/c1-28-19-9-7-15(13-20(19)29-2)11-12-24-21-10-8-16(14-25-21)22(27)26-18-6-4-3-5-17(18)23/h3-10,13-14H,11-12H2,1-2H3,(H,24,25)(H,26,27). The van der Waals surface area contributed by atoms with Gasteiger partial charge in [0.05, 0.1) is 25.5 Å². The summed E-state index contributed by atoms with van der Waals surface area (Å²) in [6.45, 7) is 0.656. The van der Waals surface area contributed by atoms with E-state index in [4.69, 9.17) is 9.47 Å². The van der Waals surface area contributed by atoms with Crippen molar-refractivity contribution in [3.8, 4) is 11.5 Å². The second-order valence-electron chi connectivity index (χ2n) is 6.23. The number of para-hydroxylation sites is 1. The van der Waals surface area contributed by atoms with Crippen molar-refractivity contribution in [3.05, 3.63) is 77.7 Å². The minimum absolute atomic E-state index is 0.134. The van der Waals surface area contributed by atoms with Gasteiger partial charge in [-0.15, -0.1) is 0 Å². The zero-order valence-corrected chi connectivity index (χ0v) is 16.2. The molecule has 0 unspecified atom stereocenters. The van der Waals surface area contributed by atoms with Crippen molar-refractivity contribution >= 4 is 17.4 Å². The monoisotopic (exact) mass is 395 g/mol. The van der Waals surface area contributed by atoms with E-state index in [9.17, 15) is 9.18 Å². The first kappa shape index (κ1) is 20.1. The van der Waals surface area contributed by atoms with Crippen LogP contribution in [0.5, 0.6) is 11.5 Å². The van der Waals surface area contributed by atoms with Crippen molar-refractivity contribution in [3.63, 3.8) is 0 Å². The summed E-state index contributed by atoms with van der Waals surface area (Å²) >= 11 is 0. The van der Waals surface area contributed by atoms with Gasteiger partial charge in [0.1, 0.15) is 11.6 Å². The number of anilines is 2. The number of pyridine rings is 1. The summed E-state index contributed by atoms with van der Waals surface area (Å²) in [5.41, 5.74) is 1.57. The van der Waals surface area contributed by atoms with Gasteiger partial charge in [-0.05, 0) is 48.4 Å². The molecule has 1 aromatic heterocycles. The fourth-order valence-corrected chi connectivity index (χ4v) is 2.76. The van der Waals surface area contributed by atoms with Crippen LogP contribution in [0, 0.1) is 5.82 Å². The summed E-state index contributed by atoms with van der Waals surface area (Å²) < 4.78 is 24.2. The van der Waals surface area contributed by atoms with Gasteiger partial charge in [-0.2, -0.15) is 0 Å². The molecule has 0 spiro atoms. The van der Waals surface area contributed by atoms with Gasteiger partial charge in [0.25, 0.3) is 5.91 Å². The van der Waals surface area contributed by atoms with Crippen LogP contribution in [0.3, 0.4) is 0 Å². The second kappa shape index (κ2) is 9.54. The Kier molecular flexibility index (Phi) is 6.63. The van der Waals surface area contributed by atoms with E-state index in [2.05, 4.69) is 15.6 Å². The number of rotatable bonds is 8. The number of carbonyl (C=O) groups is 1. The van der Waals surface area contributed by atoms with Crippen LogP contribution in [-0.2, 0) is 6.42 Å². The molecule has 3 aromatic rings. The smallest absolute Gasteiger partial charge is 0.257 e. The number of halogens is 1. The number of amides is 1. The van der Waals surface area contributed by atoms with E-state index < -0.39 is 11.7 Å². The molecule has 0 aliphatic carbocycles. The Morgan fingerprint density at radius 3 is 2.52 bits per heavy atom. The SMILES string of the molecule is COc1ccc(CCNc2ccc(C(=O)Nc3ccccc3F)cn2)cc1OC. The molecule has 7 heteroatoms. The van der Waals surface area contributed by atoms with Crippen LogP contribution < -0.4 is 20.1 Å². The Morgan fingerprint density at radius 2 is 1.83 bits per heavy atom. The lowest BCUT2D eigenvalue weighted by Crippen LogP contribution is -2.14. The second-order valence-corrected chi connectivity index (χ2v) is 6.23. The predicted octanol–water partition coefficient (Wildman–Crippen LogP) is 4.14. The molecule has 0 radical (unpaired) electrons. The molecule has 1 heterocycles. The molecule has 0 fully saturated rings. The van der Waals surface area contributed by atoms with Gasteiger partial charge >= 0.3 is 0 Å². The van der Waals surface area contributed by atoms with E-state index in [-0.39, 0.29) is 5.69 Å². The highest BCUT2D eigenvalue weighted by Gasteiger charge is 2.09. The number of aromatic nitrogens is 1. The molecule has 0 atom stereocenters. The van der Waals surface area contributed by atoms with E-state index in [1.807, 2.05) is 18.2 Å². The van der Waals surface area contributed by atoms with E-state index in [0.29, 0.717) is 29.4 Å². The predicted molar refractivity (Wildman–Crippen MR) is 110 cm³/mol. The van der Waals surface area contributed by atoms with Gasteiger partial charge in [-0.25, -0.2) is 9.37 Å². The number of nitrogens with zero attached hydrogens (tertiary/aromatic N) is 1. The molecule has 2 aromatic carbocycles. The molecule has 0 saturated heterocycles. The maximum atomic E-state index is 13.6. The third-order valence-corrected chi connectivity index (χ3v) is 4.32. The van der Waals surface area contributed by atoms with Gasteiger partial charge in [-0.1, -0.05) is 18.2 Å². The highest BCUT2D eigenvalue weighted by molar-refractivity contribution is 6.04. The molecule has 29 heavy (non-hydrogen) atoms. The highest BCUT2D eigenvalue weighted by atomic mass is 19.1. The molecular weight excluding hydrogens is 373 g/mol. The number of benzene rings is 2. The molecule has 0 aliphatic rings. The third kappa shape index (κ3) is 5.22. The van der Waals surface area contributed by atoms with Gasteiger partial charge in [-0.3, -0.25) is 4.79 Å². The van der Waals surface area contributed by atoms with E-state index in [0.717, 1.165) is 12.0 Å². The Hall–Kier alpha value is -3.61. The number of nitrogens with one attached hydrogen (secondary N) is 2. The maximum Gasteiger partial charge on any atom is 0.257 e. The molecule has 6 nitrogen and oxygen atoms in total. The molecule has 3 rings (SSSR count). The Labute approximate surface area is 168 Å². The maximum absolute atomic E-state index is 13.6. The first-order valence-corrected chi connectivity index (χ1v) is 9.07. The number of methoxy groups -OCH3 is 2. The fraction of sp³-hybridized carbons (Fsp3) is 0.182. The topological polar surface area (TPSA) is 72.5 Å². The van der Waals surface area contributed by atoms with Crippen molar-refractivity contribution < 1.29 is 18.7 Å². The zero-order chi connectivity index (χ0) is 20.6. The average Bonchev–Trinajstić information content (AvgIpc) is 2.75. The van der Waals surface area contributed by atoms with Crippen LogP contribution in [0.2, 0.25) is 0 Å². The number of carbonyl (C=O) groups excluding carboxylic acids is 1. The van der Waals surface area contributed by atoms with Crippen molar-refractivity contribution in [2.75, 3.05) is 31.4 Å². The van der Waals surface area contributed by atoms with Crippen molar-refractivity contribution in [2.45, 2.75) is 6.42 Å². The molecule has 0 bridgehead atoms. The first-order chi connectivity index (χ1) is 14.1. The number of hydrogen-bond donors (Lipinski definition) is 2. The van der Waals surface area contributed by atoms with Crippen LogP contribution in [0.1, 0.15) is 15.9 Å². The van der Waals surface area contributed by atoms with Crippen LogP contribution in [0.4, 0.5) is 15.9 Å². The highest BCUT2D eigenvalue weighted by Crippen LogP contribution is 2.27. The van der Waals surface area contributed by atoms with Gasteiger partial charge in [0.15, 0.2) is 11.5 Å². The average molecular weight is 395 g/mol. The largest absolute Gasteiger partial charge is 0.493 e. The Balaban J connectivity index is 1.54. The van der Waals surface area contributed by atoms with Gasteiger partial charge < -0.3 is 20.1 Å². The molecule has 1 amide bonds. The summed E-state index contributed by atoms with van der Waals surface area (Å²) in [6, 6.07) is 15.2. The van der Waals surface area contributed by atoms with Gasteiger partial charge in [0.2, 0.25) is 0 Å². The van der Waals surface area contributed by atoms with Crippen LogP contribution in [0.15, 0.2) is 60.8 Å². The van der Waals surface area contributed by atoms with Crippen LogP contribution >= 0.6 is 0 Å². The van der Waals surface area contributed by atoms with Crippen molar-refractivity contribution in [1.82, 2.24) is 4.98 Å². The summed E-state index contributed by atoms with van der Waals surface area (Å²) in [5.74, 6) is 1.12. The number of hydrogen-bond acceptors (Lipinski definition) is 5. The molecule has 0 aliphatic heterocycles. The molecular formula is C22H22FN3O3. The fourth-order valence-electron chi connectivity index (χ4n) is 2.76. The summed E-state index contributed by atoms with van der Waals surface area (Å²) in [4.78, 5) is 16.5. The molecule has 2 N–H and O–H groups in total. The summed E-state index contributed by atoms with van der Waals surface area (Å²) in [7, 11) is 3.21. The minimum Gasteiger partial charge on any atom is -0.493 e. The molecule has 150 valence electrons. The first-order valence-electron chi connectivity index (χ1n) is 9.07. The molecule has 0 saturated carbocycles. The minimum atomic E-state index is -0.484. The van der Waals surface area contributed by atoms with E-state index in [1.165, 1.54) is 18.3 Å². The van der Waals surface area contributed by atoms with Crippen LogP contribution in [-0.4, -0.2) is 31.7 Å². The lowest BCUT2D eigenvalue weighted by Gasteiger charge is -2.10. The summed E-state index contributed by atoms with van der Waals surface area (Å²) in [5, 5.41) is 5.74. The van der Waals surface area contributed by atoms with E-state index >= 15 is 0 Å².